The van der Waals surface area contributed by atoms with Gasteiger partial charge in [0.2, 0.25) is 17.1 Å². The standard InChI is InChI=1S/C25H21ClF3N6O3/c1-32(2)14-21(36)35-23-18(5-4-7-31-23)20(33(35)3)13-34-8-6-19(25(27,28)29)22(24(34)37)38-17-10-15(12-30)9-16(26)11-17/h4-11H,13-14H2,1-3H3/q+1. The normalized spacial score (nSPS) is 11.7. The van der Waals surface area contributed by atoms with Crippen molar-refractivity contribution in [3.05, 3.63) is 81.0 Å². The first-order valence-corrected chi connectivity index (χ1v) is 11.5. The lowest BCUT2D eigenvalue weighted by Crippen LogP contribution is -2.48. The second-order valence-electron chi connectivity index (χ2n) is 8.67. The van der Waals surface area contributed by atoms with Crippen LogP contribution in [0.4, 0.5) is 13.2 Å². The third-order valence-electron chi connectivity index (χ3n) is 5.64. The van der Waals surface area contributed by atoms with Gasteiger partial charge in [0.1, 0.15) is 17.9 Å². The number of fused-ring (bicyclic) bond motifs is 1. The Morgan fingerprint density at radius 3 is 2.66 bits per heavy atom. The van der Waals surface area contributed by atoms with Gasteiger partial charge in [-0.15, -0.1) is 4.68 Å². The van der Waals surface area contributed by atoms with Crippen molar-refractivity contribution in [1.29, 1.82) is 5.26 Å². The van der Waals surface area contributed by atoms with Crippen molar-refractivity contribution >= 4 is 28.5 Å². The Kier molecular flexibility index (Phi) is 7.26. The zero-order valence-corrected chi connectivity index (χ0v) is 21.2. The van der Waals surface area contributed by atoms with E-state index in [1.165, 1.54) is 33.8 Å². The van der Waals surface area contributed by atoms with Crippen molar-refractivity contribution in [2.24, 2.45) is 7.05 Å². The van der Waals surface area contributed by atoms with Crippen molar-refractivity contribution in [3.8, 4) is 17.6 Å². The summed E-state index contributed by atoms with van der Waals surface area (Å²) in [6.45, 7) is -0.108. The summed E-state index contributed by atoms with van der Waals surface area (Å²) >= 11 is 5.96. The van der Waals surface area contributed by atoms with Gasteiger partial charge in [0, 0.05) is 17.4 Å². The number of halogens is 4. The molecule has 3 aromatic heterocycles. The third kappa shape index (κ3) is 5.25. The van der Waals surface area contributed by atoms with E-state index in [-0.39, 0.29) is 35.3 Å². The first kappa shape index (κ1) is 26.8. The Bertz CT molecular complexity index is 1650. The van der Waals surface area contributed by atoms with E-state index >= 15 is 0 Å². The summed E-state index contributed by atoms with van der Waals surface area (Å²) < 4.78 is 50.8. The minimum Gasteiger partial charge on any atom is -0.451 e. The summed E-state index contributed by atoms with van der Waals surface area (Å²) in [4.78, 5) is 32.3. The summed E-state index contributed by atoms with van der Waals surface area (Å²) in [5.74, 6) is -1.46. The molecule has 3 heterocycles. The van der Waals surface area contributed by atoms with Crippen LogP contribution < -0.4 is 15.0 Å². The van der Waals surface area contributed by atoms with Crippen LogP contribution in [0.1, 0.15) is 21.6 Å². The van der Waals surface area contributed by atoms with Gasteiger partial charge in [-0.3, -0.25) is 9.59 Å². The number of likely N-dealkylation sites (N-methyl/N-ethyl adjacent to an activating group) is 1. The average Bonchev–Trinajstić information content (AvgIpc) is 3.11. The quantitative estimate of drug-likeness (QED) is 0.343. The zero-order valence-electron chi connectivity index (χ0n) is 20.5. The van der Waals surface area contributed by atoms with E-state index < -0.39 is 23.0 Å². The molecular weight excluding hydrogens is 525 g/mol. The molecule has 0 saturated carbocycles. The van der Waals surface area contributed by atoms with Crippen LogP contribution in [0, 0.1) is 11.3 Å². The van der Waals surface area contributed by atoms with Gasteiger partial charge in [0.25, 0.3) is 11.5 Å². The molecule has 4 rings (SSSR count). The summed E-state index contributed by atoms with van der Waals surface area (Å²) in [5.41, 5.74) is -1.50. The molecule has 4 aromatic rings. The van der Waals surface area contributed by atoms with Crippen molar-refractivity contribution < 1.29 is 27.4 Å². The van der Waals surface area contributed by atoms with E-state index in [2.05, 4.69) is 4.98 Å². The summed E-state index contributed by atoms with van der Waals surface area (Å²) in [6, 6.07) is 9.62. The second kappa shape index (κ2) is 10.3. The van der Waals surface area contributed by atoms with Crippen LogP contribution >= 0.6 is 11.6 Å². The molecule has 0 radical (unpaired) electrons. The van der Waals surface area contributed by atoms with Gasteiger partial charge >= 0.3 is 6.18 Å². The van der Waals surface area contributed by atoms with Crippen molar-refractivity contribution in [2.75, 3.05) is 20.6 Å². The van der Waals surface area contributed by atoms with E-state index in [1.54, 1.807) is 38.2 Å². The van der Waals surface area contributed by atoms with E-state index in [4.69, 9.17) is 21.6 Å². The Morgan fingerprint density at radius 1 is 1.26 bits per heavy atom. The van der Waals surface area contributed by atoms with Crippen molar-refractivity contribution in [2.45, 2.75) is 12.7 Å². The Hall–Kier alpha value is -4.21. The molecular formula is C25H21ClF3N6O3+. The molecule has 0 aliphatic heterocycles. The van der Waals surface area contributed by atoms with Crippen molar-refractivity contribution in [1.82, 2.24) is 19.1 Å². The van der Waals surface area contributed by atoms with Crippen LogP contribution in [0.25, 0.3) is 11.0 Å². The maximum atomic E-state index is 13.8. The van der Waals surface area contributed by atoms with Gasteiger partial charge < -0.3 is 14.2 Å². The van der Waals surface area contributed by atoms with Gasteiger partial charge in [-0.25, -0.2) is 4.98 Å². The fourth-order valence-electron chi connectivity index (χ4n) is 4.00. The number of carbonyl (C=O) groups excluding carboxylic acids is 1. The summed E-state index contributed by atoms with van der Waals surface area (Å²) in [7, 11) is 5.08. The van der Waals surface area contributed by atoms with E-state index in [0.29, 0.717) is 16.7 Å². The lowest BCUT2D eigenvalue weighted by molar-refractivity contribution is -0.746. The van der Waals surface area contributed by atoms with Crippen LogP contribution in [-0.4, -0.2) is 45.7 Å². The molecule has 0 bridgehead atoms. The van der Waals surface area contributed by atoms with E-state index in [9.17, 15) is 22.8 Å². The molecule has 38 heavy (non-hydrogen) atoms. The lowest BCUT2D eigenvalue weighted by atomic mass is 10.2. The molecule has 0 spiro atoms. The highest BCUT2D eigenvalue weighted by Crippen LogP contribution is 2.36. The predicted molar refractivity (Wildman–Crippen MR) is 131 cm³/mol. The highest BCUT2D eigenvalue weighted by molar-refractivity contribution is 6.30. The van der Waals surface area contributed by atoms with Crippen LogP contribution in [0.3, 0.4) is 0 Å². The van der Waals surface area contributed by atoms with Crippen LogP contribution in [0.2, 0.25) is 5.02 Å². The maximum Gasteiger partial charge on any atom is 0.420 e. The topological polar surface area (TPSA) is 97.0 Å². The maximum absolute atomic E-state index is 13.8. The monoisotopic (exact) mass is 545 g/mol. The lowest BCUT2D eigenvalue weighted by Gasteiger charge is -2.15. The Morgan fingerprint density at radius 2 is 2.00 bits per heavy atom. The number of hydrogen-bond acceptors (Lipinski definition) is 6. The number of hydrogen-bond donors (Lipinski definition) is 0. The van der Waals surface area contributed by atoms with Gasteiger partial charge in [0.15, 0.2) is 7.05 Å². The molecule has 0 atom stereocenters. The molecule has 0 N–H and O–H groups in total. The van der Waals surface area contributed by atoms with Gasteiger partial charge in [-0.05, 0) is 50.5 Å². The molecule has 13 heteroatoms. The smallest absolute Gasteiger partial charge is 0.420 e. The summed E-state index contributed by atoms with van der Waals surface area (Å²) in [5, 5.41) is 9.76. The highest BCUT2D eigenvalue weighted by atomic mass is 35.5. The molecule has 0 saturated heterocycles. The van der Waals surface area contributed by atoms with Gasteiger partial charge in [-0.1, -0.05) is 16.3 Å². The average molecular weight is 546 g/mol. The number of nitriles is 1. The van der Waals surface area contributed by atoms with Crippen LogP contribution in [0.5, 0.6) is 11.5 Å². The molecule has 9 nitrogen and oxygen atoms in total. The fourth-order valence-corrected chi connectivity index (χ4v) is 4.23. The van der Waals surface area contributed by atoms with Gasteiger partial charge in [-0.2, -0.15) is 18.4 Å². The molecule has 0 fully saturated rings. The van der Waals surface area contributed by atoms with Crippen LogP contribution in [-0.2, 0) is 19.8 Å². The molecule has 0 aliphatic rings. The van der Waals surface area contributed by atoms with Gasteiger partial charge in [0.05, 0.1) is 23.6 Å². The number of alkyl halides is 3. The van der Waals surface area contributed by atoms with Crippen molar-refractivity contribution in [3.63, 3.8) is 0 Å². The third-order valence-corrected chi connectivity index (χ3v) is 5.86. The number of nitrogens with zero attached hydrogens (tertiary/aromatic N) is 6. The second-order valence-corrected chi connectivity index (χ2v) is 9.10. The number of pyridine rings is 2. The van der Waals surface area contributed by atoms with Crippen LogP contribution in [0.15, 0.2) is 53.6 Å². The fraction of sp³-hybridized carbons (Fsp3) is 0.240. The van der Waals surface area contributed by atoms with E-state index in [1.807, 2.05) is 6.07 Å². The molecule has 0 unspecified atom stereocenters. The number of ether oxygens (including phenoxy) is 1. The van der Waals surface area contributed by atoms with E-state index in [0.717, 1.165) is 16.8 Å². The highest BCUT2D eigenvalue weighted by Gasteiger charge is 2.37. The molecule has 0 aliphatic carbocycles. The zero-order chi connectivity index (χ0) is 27.8. The Labute approximate surface area is 219 Å². The molecule has 196 valence electrons. The number of benzene rings is 1. The number of carbonyl (C=O) groups is 1. The minimum atomic E-state index is -4.90. The first-order chi connectivity index (χ1) is 17.9. The SMILES string of the molecule is CN(C)CC(=O)n1c2ncccc2c(Cn2ccc(C(F)(F)F)c(Oc3cc(Cl)cc(C#N)c3)c2=O)[n+]1C. The molecule has 1 aromatic carbocycles. The summed E-state index contributed by atoms with van der Waals surface area (Å²) in [6.07, 6.45) is -2.37. The predicted octanol–water partition coefficient (Wildman–Crippen LogP) is 3.61. The number of rotatable bonds is 6. The Balaban J connectivity index is 1.85. The molecule has 0 amide bonds. The minimum absolute atomic E-state index is 0.0482. The largest absolute Gasteiger partial charge is 0.451 e. The first-order valence-electron chi connectivity index (χ1n) is 11.1. The number of aromatic nitrogens is 4.